The fourth-order valence-corrected chi connectivity index (χ4v) is 4.01. The predicted octanol–water partition coefficient (Wildman–Crippen LogP) is 2.83. The van der Waals surface area contributed by atoms with Crippen LogP contribution < -0.4 is 15.4 Å². The average Bonchev–Trinajstić information content (AvgIpc) is 2.68. The van der Waals surface area contributed by atoms with Gasteiger partial charge in [-0.05, 0) is 49.7 Å². The number of rotatable bonds is 4. The zero-order chi connectivity index (χ0) is 20.6. The van der Waals surface area contributed by atoms with Gasteiger partial charge in [-0.3, -0.25) is 9.59 Å². The highest BCUT2D eigenvalue weighted by Crippen LogP contribution is 2.46. The molecule has 2 aliphatic rings. The van der Waals surface area contributed by atoms with E-state index in [1.165, 1.54) is 0 Å². The van der Waals surface area contributed by atoms with Gasteiger partial charge in [0, 0.05) is 18.0 Å². The van der Waals surface area contributed by atoms with Crippen LogP contribution in [0, 0.1) is 5.92 Å². The lowest BCUT2D eigenvalue weighted by molar-refractivity contribution is -0.145. The van der Waals surface area contributed by atoms with Crippen molar-refractivity contribution in [3.63, 3.8) is 0 Å². The van der Waals surface area contributed by atoms with Crippen molar-refractivity contribution in [2.45, 2.75) is 31.9 Å². The molecule has 0 aliphatic carbocycles. The second kappa shape index (κ2) is 7.24. The number of hydrogen-bond acceptors (Lipinski definition) is 5. The first kappa shape index (κ1) is 19.0. The number of fused-ring (bicyclic) bond motifs is 4. The molecule has 2 aliphatic heterocycles. The van der Waals surface area contributed by atoms with E-state index >= 15 is 0 Å². The smallest absolute Gasteiger partial charge is 0.338 e. The highest BCUT2D eigenvalue weighted by molar-refractivity contribution is 6.08. The molecule has 1 saturated heterocycles. The number of hydrogen-bond donors (Lipinski definition) is 2. The number of amides is 2. The zero-order valence-electron chi connectivity index (χ0n) is 16.2. The van der Waals surface area contributed by atoms with Crippen LogP contribution in [0.15, 0.2) is 48.5 Å². The second-order valence-corrected chi connectivity index (χ2v) is 7.44. The molecule has 3 atom stereocenters. The van der Waals surface area contributed by atoms with E-state index in [1.54, 1.807) is 31.2 Å². The van der Waals surface area contributed by atoms with Crippen LogP contribution in [-0.2, 0) is 14.3 Å². The number of benzene rings is 2. The van der Waals surface area contributed by atoms with Crippen molar-refractivity contribution in [3.05, 3.63) is 59.7 Å². The van der Waals surface area contributed by atoms with Gasteiger partial charge in [-0.25, -0.2) is 4.79 Å². The molecule has 29 heavy (non-hydrogen) atoms. The maximum absolute atomic E-state index is 13.0. The Labute approximate surface area is 168 Å². The minimum absolute atomic E-state index is 0.280. The first-order valence-corrected chi connectivity index (χ1v) is 9.58. The molecule has 2 bridgehead atoms. The topological polar surface area (TPSA) is 93.7 Å². The molecule has 2 amide bonds. The summed E-state index contributed by atoms with van der Waals surface area (Å²) in [4.78, 5) is 37.5. The van der Waals surface area contributed by atoms with Gasteiger partial charge >= 0.3 is 5.97 Å². The SMILES string of the molecule is CCOC(=O)c1ccc(NC(=O)[C@@H]2C(=O)N[C@@]3(C)C[C@H]2c2ccccc2O3)cc1. The summed E-state index contributed by atoms with van der Waals surface area (Å²) in [6.45, 7) is 3.84. The van der Waals surface area contributed by atoms with Crippen molar-refractivity contribution in [1.29, 1.82) is 0 Å². The second-order valence-electron chi connectivity index (χ2n) is 7.44. The molecule has 1 fully saturated rings. The fourth-order valence-electron chi connectivity index (χ4n) is 4.01. The molecular weight excluding hydrogens is 372 g/mol. The summed E-state index contributed by atoms with van der Waals surface area (Å²) in [6.07, 6.45) is 0.510. The Balaban J connectivity index is 1.56. The van der Waals surface area contributed by atoms with E-state index < -0.39 is 23.5 Å². The number of esters is 1. The number of ether oxygens (including phenoxy) is 2. The quantitative estimate of drug-likeness (QED) is 0.614. The number of nitrogens with one attached hydrogen (secondary N) is 2. The van der Waals surface area contributed by atoms with Crippen molar-refractivity contribution < 1.29 is 23.9 Å². The van der Waals surface area contributed by atoms with Crippen molar-refractivity contribution in [1.82, 2.24) is 5.32 Å². The van der Waals surface area contributed by atoms with E-state index in [-0.39, 0.29) is 11.8 Å². The zero-order valence-corrected chi connectivity index (χ0v) is 16.2. The minimum atomic E-state index is -0.877. The van der Waals surface area contributed by atoms with E-state index in [1.807, 2.05) is 31.2 Å². The Bertz CT molecular complexity index is 971. The third-order valence-electron chi connectivity index (χ3n) is 5.28. The highest BCUT2D eigenvalue weighted by atomic mass is 16.5. The Hall–Kier alpha value is -3.35. The number of piperidine rings is 1. The van der Waals surface area contributed by atoms with Crippen molar-refractivity contribution in [3.8, 4) is 5.75 Å². The molecule has 0 saturated carbocycles. The molecular formula is C22H22N2O5. The summed E-state index contributed by atoms with van der Waals surface area (Å²) >= 11 is 0. The molecule has 0 unspecified atom stereocenters. The summed E-state index contributed by atoms with van der Waals surface area (Å²) in [5, 5.41) is 5.63. The number of anilines is 1. The molecule has 2 aromatic carbocycles. The molecule has 0 spiro atoms. The van der Waals surface area contributed by atoms with Crippen LogP contribution in [0.5, 0.6) is 5.75 Å². The fraction of sp³-hybridized carbons (Fsp3) is 0.318. The van der Waals surface area contributed by atoms with Crippen LogP contribution in [0.2, 0.25) is 0 Å². The number of para-hydroxylation sites is 1. The van der Waals surface area contributed by atoms with Crippen LogP contribution in [0.1, 0.15) is 42.1 Å². The van der Waals surface area contributed by atoms with Crippen molar-refractivity contribution in [2.75, 3.05) is 11.9 Å². The van der Waals surface area contributed by atoms with Gasteiger partial charge in [0.1, 0.15) is 11.7 Å². The van der Waals surface area contributed by atoms with E-state index in [0.29, 0.717) is 30.0 Å². The Morgan fingerprint density at radius 1 is 1.21 bits per heavy atom. The normalized spacial score (nSPS) is 24.6. The molecule has 0 radical (unpaired) electrons. The van der Waals surface area contributed by atoms with Crippen LogP contribution >= 0.6 is 0 Å². The summed E-state index contributed by atoms with van der Waals surface area (Å²) in [5.41, 5.74) is 0.935. The van der Waals surface area contributed by atoms with Gasteiger partial charge < -0.3 is 20.1 Å². The lowest BCUT2D eigenvalue weighted by Crippen LogP contribution is -2.62. The summed E-state index contributed by atoms with van der Waals surface area (Å²) in [5.74, 6) is -1.65. The molecule has 2 N–H and O–H groups in total. The Morgan fingerprint density at radius 3 is 2.66 bits per heavy atom. The average molecular weight is 394 g/mol. The van der Waals surface area contributed by atoms with Crippen molar-refractivity contribution in [2.24, 2.45) is 5.92 Å². The van der Waals surface area contributed by atoms with E-state index in [4.69, 9.17) is 9.47 Å². The maximum atomic E-state index is 13.0. The van der Waals surface area contributed by atoms with Gasteiger partial charge in [-0.15, -0.1) is 0 Å². The largest absolute Gasteiger partial charge is 0.468 e. The van der Waals surface area contributed by atoms with Gasteiger partial charge in [0.15, 0.2) is 5.72 Å². The molecule has 0 aromatic heterocycles. The minimum Gasteiger partial charge on any atom is -0.468 e. The van der Waals surface area contributed by atoms with Crippen LogP contribution in [0.3, 0.4) is 0 Å². The van der Waals surface area contributed by atoms with E-state index in [9.17, 15) is 14.4 Å². The monoisotopic (exact) mass is 394 g/mol. The van der Waals surface area contributed by atoms with E-state index in [2.05, 4.69) is 10.6 Å². The summed E-state index contributed by atoms with van der Waals surface area (Å²) in [7, 11) is 0. The van der Waals surface area contributed by atoms with Crippen molar-refractivity contribution >= 4 is 23.5 Å². The molecule has 7 heteroatoms. The lowest BCUT2D eigenvalue weighted by atomic mass is 9.74. The maximum Gasteiger partial charge on any atom is 0.338 e. The first-order valence-electron chi connectivity index (χ1n) is 9.58. The van der Waals surface area contributed by atoms with Gasteiger partial charge in [0.2, 0.25) is 11.8 Å². The predicted molar refractivity (Wildman–Crippen MR) is 105 cm³/mol. The van der Waals surface area contributed by atoms with Gasteiger partial charge in [0.05, 0.1) is 12.2 Å². The van der Waals surface area contributed by atoms with Gasteiger partial charge in [0.25, 0.3) is 0 Å². The molecule has 2 aromatic rings. The standard InChI is InChI=1S/C22H22N2O5/c1-3-28-21(27)13-8-10-14(11-9-13)23-19(25)18-16-12-22(2,24-20(18)26)29-17-7-5-4-6-15(16)17/h4-11,16,18H,3,12H2,1-2H3,(H,23,25)(H,24,26)/t16-,18+,22+/m0/s1. The van der Waals surface area contributed by atoms with Gasteiger partial charge in [-0.1, -0.05) is 18.2 Å². The van der Waals surface area contributed by atoms with Crippen LogP contribution in [0.4, 0.5) is 5.69 Å². The third-order valence-corrected chi connectivity index (χ3v) is 5.28. The van der Waals surface area contributed by atoms with Gasteiger partial charge in [-0.2, -0.15) is 0 Å². The molecule has 150 valence electrons. The first-order chi connectivity index (χ1) is 13.9. The number of carbonyl (C=O) groups is 3. The van der Waals surface area contributed by atoms with E-state index in [0.717, 1.165) is 5.56 Å². The molecule has 7 nitrogen and oxygen atoms in total. The lowest BCUT2D eigenvalue weighted by Gasteiger charge is -2.46. The van der Waals surface area contributed by atoms with Crippen LogP contribution in [0.25, 0.3) is 0 Å². The third kappa shape index (κ3) is 3.55. The summed E-state index contributed by atoms with van der Waals surface area (Å²) < 4.78 is 10.9. The number of carbonyl (C=O) groups excluding carboxylic acids is 3. The van der Waals surface area contributed by atoms with Crippen LogP contribution in [-0.4, -0.2) is 30.1 Å². The Morgan fingerprint density at radius 2 is 1.93 bits per heavy atom. The summed E-state index contributed by atoms with van der Waals surface area (Å²) in [6, 6.07) is 13.9. The molecule has 4 rings (SSSR count). The highest BCUT2D eigenvalue weighted by Gasteiger charge is 2.51. The Kier molecular flexibility index (Phi) is 4.74. The molecule has 2 heterocycles.